The number of rotatable bonds is 3. The van der Waals surface area contributed by atoms with Crippen LogP contribution in [0, 0.1) is 20.8 Å². The molecule has 1 saturated heterocycles. The van der Waals surface area contributed by atoms with E-state index >= 15 is 0 Å². The van der Waals surface area contributed by atoms with Crippen LogP contribution in [0.3, 0.4) is 0 Å². The SMILES string of the molecule is Cc1ccc2nc([C@H]3CCCN3C(=O)Cn3nc(C)nc3C)[nH]c2c1. The van der Waals surface area contributed by atoms with Gasteiger partial charge in [-0.3, -0.25) is 4.79 Å². The van der Waals surface area contributed by atoms with E-state index in [2.05, 4.69) is 34.1 Å². The number of hydrogen-bond donors (Lipinski definition) is 1. The van der Waals surface area contributed by atoms with Gasteiger partial charge in [0.15, 0.2) is 0 Å². The monoisotopic (exact) mass is 338 g/mol. The molecule has 1 aliphatic rings. The molecule has 7 heteroatoms. The van der Waals surface area contributed by atoms with Gasteiger partial charge in [0.2, 0.25) is 5.91 Å². The van der Waals surface area contributed by atoms with Crippen molar-refractivity contribution in [1.29, 1.82) is 0 Å². The van der Waals surface area contributed by atoms with Crippen LogP contribution in [0.5, 0.6) is 0 Å². The Balaban J connectivity index is 1.58. The summed E-state index contributed by atoms with van der Waals surface area (Å²) in [5, 5.41) is 4.30. The van der Waals surface area contributed by atoms with Crippen molar-refractivity contribution < 1.29 is 4.79 Å². The number of aryl methyl sites for hydroxylation is 3. The highest BCUT2D eigenvalue weighted by molar-refractivity contribution is 5.78. The number of amides is 1. The summed E-state index contributed by atoms with van der Waals surface area (Å²) >= 11 is 0. The van der Waals surface area contributed by atoms with E-state index < -0.39 is 0 Å². The van der Waals surface area contributed by atoms with E-state index in [0.717, 1.165) is 42.1 Å². The van der Waals surface area contributed by atoms with Crippen LogP contribution in [0.4, 0.5) is 0 Å². The third-order valence-corrected chi connectivity index (χ3v) is 4.79. The zero-order valence-corrected chi connectivity index (χ0v) is 14.8. The number of aromatic amines is 1. The molecule has 0 saturated carbocycles. The fourth-order valence-electron chi connectivity index (χ4n) is 3.58. The van der Waals surface area contributed by atoms with Crippen molar-refractivity contribution in [2.75, 3.05) is 6.54 Å². The largest absolute Gasteiger partial charge is 0.340 e. The highest BCUT2D eigenvalue weighted by Crippen LogP contribution is 2.31. The lowest BCUT2D eigenvalue weighted by atomic mass is 10.2. The van der Waals surface area contributed by atoms with Crippen molar-refractivity contribution in [3.63, 3.8) is 0 Å². The molecule has 130 valence electrons. The summed E-state index contributed by atoms with van der Waals surface area (Å²) in [6.45, 7) is 6.75. The van der Waals surface area contributed by atoms with Crippen LogP contribution in [0.25, 0.3) is 11.0 Å². The molecule has 3 aromatic rings. The highest BCUT2D eigenvalue weighted by atomic mass is 16.2. The molecule has 4 rings (SSSR count). The van der Waals surface area contributed by atoms with Crippen molar-refractivity contribution in [1.82, 2.24) is 29.6 Å². The number of carbonyl (C=O) groups excluding carboxylic acids is 1. The van der Waals surface area contributed by atoms with E-state index in [-0.39, 0.29) is 18.5 Å². The van der Waals surface area contributed by atoms with Crippen molar-refractivity contribution in [3.8, 4) is 0 Å². The summed E-state index contributed by atoms with van der Waals surface area (Å²) in [7, 11) is 0. The Bertz CT molecular complexity index is 940. The van der Waals surface area contributed by atoms with Crippen LogP contribution in [0.1, 0.15) is 41.9 Å². The number of imidazole rings is 1. The maximum atomic E-state index is 12.8. The van der Waals surface area contributed by atoms with E-state index in [4.69, 9.17) is 4.98 Å². The molecule has 3 heterocycles. The highest BCUT2D eigenvalue weighted by Gasteiger charge is 2.32. The number of likely N-dealkylation sites (tertiary alicyclic amines) is 1. The average molecular weight is 338 g/mol. The molecule has 0 spiro atoms. The number of H-pyrrole nitrogens is 1. The lowest BCUT2D eigenvalue weighted by Crippen LogP contribution is -2.34. The van der Waals surface area contributed by atoms with Gasteiger partial charge in [-0.2, -0.15) is 5.10 Å². The van der Waals surface area contributed by atoms with Crippen molar-refractivity contribution in [3.05, 3.63) is 41.2 Å². The van der Waals surface area contributed by atoms with Gasteiger partial charge in [0.25, 0.3) is 0 Å². The van der Waals surface area contributed by atoms with Crippen LogP contribution >= 0.6 is 0 Å². The molecular formula is C18H22N6O. The molecule has 2 aromatic heterocycles. The molecule has 1 N–H and O–H groups in total. The van der Waals surface area contributed by atoms with Crippen LogP contribution < -0.4 is 0 Å². The summed E-state index contributed by atoms with van der Waals surface area (Å²) < 4.78 is 1.68. The minimum absolute atomic E-state index is 0.00475. The lowest BCUT2D eigenvalue weighted by Gasteiger charge is -2.23. The first-order chi connectivity index (χ1) is 12.0. The molecule has 7 nitrogen and oxygen atoms in total. The van der Waals surface area contributed by atoms with E-state index in [1.54, 1.807) is 4.68 Å². The van der Waals surface area contributed by atoms with E-state index in [9.17, 15) is 4.79 Å². The molecule has 0 bridgehead atoms. The number of nitrogens with one attached hydrogen (secondary N) is 1. The first-order valence-corrected chi connectivity index (χ1v) is 8.65. The van der Waals surface area contributed by atoms with Gasteiger partial charge >= 0.3 is 0 Å². The molecule has 25 heavy (non-hydrogen) atoms. The Hall–Kier alpha value is -2.70. The fourth-order valence-corrected chi connectivity index (χ4v) is 3.58. The van der Waals surface area contributed by atoms with Gasteiger partial charge in [-0.1, -0.05) is 6.07 Å². The molecule has 1 amide bonds. The summed E-state index contributed by atoms with van der Waals surface area (Å²) in [5.41, 5.74) is 3.17. The molecule has 0 aliphatic carbocycles. The Kier molecular flexibility index (Phi) is 3.78. The van der Waals surface area contributed by atoms with E-state index in [0.29, 0.717) is 5.82 Å². The maximum absolute atomic E-state index is 12.8. The Morgan fingerprint density at radius 2 is 2.12 bits per heavy atom. The van der Waals surface area contributed by atoms with E-state index in [1.807, 2.05) is 24.8 Å². The van der Waals surface area contributed by atoms with E-state index in [1.165, 1.54) is 5.56 Å². The van der Waals surface area contributed by atoms with Crippen LogP contribution in [0.2, 0.25) is 0 Å². The number of aromatic nitrogens is 5. The number of fused-ring (bicyclic) bond motifs is 1. The number of carbonyl (C=O) groups is 1. The topological polar surface area (TPSA) is 79.7 Å². The molecule has 1 fully saturated rings. The number of hydrogen-bond acceptors (Lipinski definition) is 4. The third-order valence-electron chi connectivity index (χ3n) is 4.79. The van der Waals surface area contributed by atoms with Crippen molar-refractivity contribution >= 4 is 16.9 Å². The van der Waals surface area contributed by atoms with Crippen molar-refractivity contribution in [2.24, 2.45) is 0 Å². The molecule has 1 atom stereocenters. The van der Waals surface area contributed by atoms with Crippen LogP contribution in [-0.4, -0.2) is 42.1 Å². The second kappa shape index (κ2) is 5.98. The Labute approximate surface area is 146 Å². The lowest BCUT2D eigenvalue weighted by molar-refractivity contribution is -0.133. The number of benzene rings is 1. The summed E-state index contributed by atoms with van der Waals surface area (Å²) in [4.78, 5) is 27.1. The van der Waals surface area contributed by atoms with Gasteiger partial charge in [0.1, 0.15) is 24.0 Å². The Morgan fingerprint density at radius 3 is 2.88 bits per heavy atom. The van der Waals surface area contributed by atoms with Gasteiger partial charge < -0.3 is 9.88 Å². The Morgan fingerprint density at radius 1 is 1.28 bits per heavy atom. The molecule has 1 aliphatic heterocycles. The molecule has 0 radical (unpaired) electrons. The van der Waals surface area contributed by atoms with Gasteiger partial charge in [0.05, 0.1) is 17.1 Å². The zero-order valence-electron chi connectivity index (χ0n) is 14.8. The summed E-state index contributed by atoms with van der Waals surface area (Å²) in [6.07, 6.45) is 1.92. The normalized spacial score (nSPS) is 17.6. The van der Waals surface area contributed by atoms with Gasteiger partial charge in [-0.15, -0.1) is 0 Å². The summed E-state index contributed by atoms with van der Waals surface area (Å²) in [6, 6.07) is 6.17. The molecule has 0 unspecified atom stereocenters. The number of nitrogens with zero attached hydrogens (tertiary/aromatic N) is 5. The predicted molar refractivity (Wildman–Crippen MR) is 94.0 cm³/mol. The van der Waals surface area contributed by atoms with Crippen molar-refractivity contribution in [2.45, 2.75) is 46.2 Å². The fraction of sp³-hybridized carbons (Fsp3) is 0.444. The smallest absolute Gasteiger partial charge is 0.245 e. The van der Waals surface area contributed by atoms with Gasteiger partial charge in [0, 0.05) is 6.54 Å². The van der Waals surface area contributed by atoms with Crippen LogP contribution in [-0.2, 0) is 11.3 Å². The predicted octanol–water partition coefficient (Wildman–Crippen LogP) is 2.44. The maximum Gasteiger partial charge on any atom is 0.245 e. The first kappa shape index (κ1) is 15.8. The molecular weight excluding hydrogens is 316 g/mol. The minimum Gasteiger partial charge on any atom is -0.340 e. The summed E-state index contributed by atoms with van der Waals surface area (Å²) in [5.74, 6) is 2.39. The standard InChI is InChI=1S/C18H22N6O/c1-11-6-7-14-15(9-11)21-18(20-14)16-5-4-8-23(16)17(25)10-24-13(3)19-12(2)22-24/h6-7,9,16H,4-5,8,10H2,1-3H3,(H,20,21)/t16-/m1/s1. The quantitative estimate of drug-likeness (QED) is 0.795. The second-order valence-electron chi connectivity index (χ2n) is 6.75. The molecule has 1 aromatic carbocycles. The first-order valence-electron chi connectivity index (χ1n) is 8.65. The zero-order chi connectivity index (χ0) is 17.6. The third kappa shape index (κ3) is 2.90. The average Bonchev–Trinajstić information content (AvgIpc) is 3.25. The minimum atomic E-state index is 0.00475. The van der Waals surface area contributed by atoms with Crippen LogP contribution in [0.15, 0.2) is 18.2 Å². The van der Waals surface area contributed by atoms with Gasteiger partial charge in [-0.05, 0) is 51.3 Å². The second-order valence-corrected chi connectivity index (χ2v) is 6.75. The van der Waals surface area contributed by atoms with Gasteiger partial charge in [-0.25, -0.2) is 14.6 Å².